The van der Waals surface area contributed by atoms with Crippen molar-refractivity contribution in [1.82, 2.24) is 14.8 Å². The maximum atomic E-state index is 14.6. The molecule has 0 spiro atoms. The molecule has 1 heterocycles. The van der Waals surface area contributed by atoms with Gasteiger partial charge in [-0.15, -0.1) is 5.10 Å². The maximum absolute atomic E-state index is 14.6. The zero-order valence-electron chi connectivity index (χ0n) is 20.0. The second-order valence-electron chi connectivity index (χ2n) is 8.88. The molecule has 36 heavy (non-hydrogen) atoms. The lowest BCUT2D eigenvalue weighted by Gasteiger charge is -2.09. The standard InChI is InChI=1S/C29H25FN4O2/c1-19(2)18-36-29-32-27(25-9-5-6-10-26(25)30)34(33-29)24-15-13-23(14-16-24)31-28(35)22-12-11-20-7-3-4-8-21(20)17-22/h3-17,19H,18H2,1-2H3,(H,31,35). The lowest BCUT2D eigenvalue weighted by atomic mass is 10.1. The SMILES string of the molecule is CC(C)COc1nc(-c2ccccc2F)n(-c2ccc(NC(=O)c3ccc4ccccc4c3)cc2)n1. The first-order valence-electron chi connectivity index (χ1n) is 11.7. The van der Waals surface area contributed by atoms with Crippen molar-refractivity contribution < 1.29 is 13.9 Å². The fraction of sp³-hybridized carbons (Fsp3) is 0.138. The van der Waals surface area contributed by atoms with Gasteiger partial charge in [0, 0.05) is 11.3 Å². The third kappa shape index (κ3) is 4.95. The first kappa shape index (κ1) is 23.2. The van der Waals surface area contributed by atoms with Crippen molar-refractivity contribution in [3.8, 4) is 23.1 Å². The Kier molecular flexibility index (Phi) is 6.45. The third-order valence-corrected chi connectivity index (χ3v) is 5.63. The Morgan fingerprint density at radius 3 is 2.42 bits per heavy atom. The molecule has 0 aliphatic heterocycles. The van der Waals surface area contributed by atoms with E-state index in [1.54, 1.807) is 53.2 Å². The van der Waals surface area contributed by atoms with E-state index in [2.05, 4.69) is 15.4 Å². The molecule has 0 unspecified atom stereocenters. The topological polar surface area (TPSA) is 69.0 Å². The second-order valence-corrected chi connectivity index (χ2v) is 8.88. The minimum atomic E-state index is -0.402. The number of hydrogen-bond donors (Lipinski definition) is 1. The van der Waals surface area contributed by atoms with Crippen LogP contribution in [0.15, 0.2) is 91.0 Å². The highest BCUT2D eigenvalue weighted by atomic mass is 19.1. The fourth-order valence-corrected chi connectivity index (χ4v) is 3.81. The summed E-state index contributed by atoms with van der Waals surface area (Å²) >= 11 is 0. The van der Waals surface area contributed by atoms with Crippen LogP contribution in [0.4, 0.5) is 10.1 Å². The van der Waals surface area contributed by atoms with Crippen LogP contribution in [-0.4, -0.2) is 27.3 Å². The van der Waals surface area contributed by atoms with E-state index in [0.717, 1.165) is 10.8 Å². The van der Waals surface area contributed by atoms with Crippen molar-refractivity contribution in [3.63, 3.8) is 0 Å². The van der Waals surface area contributed by atoms with Gasteiger partial charge >= 0.3 is 6.01 Å². The van der Waals surface area contributed by atoms with E-state index in [4.69, 9.17) is 4.74 Å². The van der Waals surface area contributed by atoms with Crippen LogP contribution < -0.4 is 10.1 Å². The van der Waals surface area contributed by atoms with E-state index in [1.807, 2.05) is 50.2 Å². The Balaban J connectivity index is 1.41. The summed E-state index contributed by atoms with van der Waals surface area (Å²) in [7, 11) is 0. The van der Waals surface area contributed by atoms with Gasteiger partial charge < -0.3 is 10.1 Å². The summed E-state index contributed by atoms with van der Waals surface area (Å²) in [6.07, 6.45) is 0. The van der Waals surface area contributed by atoms with Crippen molar-refractivity contribution in [2.45, 2.75) is 13.8 Å². The number of aromatic nitrogens is 3. The van der Waals surface area contributed by atoms with Crippen LogP contribution in [0.2, 0.25) is 0 Å². The van der Waals surface area contributed by atoms with Crippen LogP contribution in [0.3, 0.4) is 0 Å². The third-order valence-electron chi connectivity index (χ3n) is 5.63. The Hall–Kier alpha value is -4.52. The monoisotopic (exact) mass is 480 g/mol. The van der Waals surface area contributed by atoms with Crippen LogP contribution in [0.1, 0.15) is 24.2 Å². The summed E-state index contributed by atoms with van der Waals surface area (Å²) in [6, 6.07) is 27.2. The molecule has 0 saturated heterocycles. The molecule has 180 valence electrons. The Morgan fingerprint density at radius 1 is 0.944 bits per heavy atom. The number of carbonyl (C=O) groups excluding carboxylic acids is 1. The van der Waals surface area contributed by atoms with Crippen molar-refractivity contribution in [2.75, 3.05) is 11.9 Å². The molecule has 0 aliphatic carbocycles. The average Bonchev–Trinajstić information content (AvgIpc) is 3.32. The fourth-order valence-electron chi connectivity index (χ4n) is 3.81. The van der Waals surface area contributed by atoms with Gasteiger partial charge in [-0.05, 0) is 65.2 Å². The molecule has 5 rings (SSSR count). The average molecular weight is 481 g/mol. The largest absolute Gasteiger partial charge is 0.462 e. The highest BCUT2D eigenvalue weighted by Crippen LogP contribution is 2.27. The summed E-state index contributed by atoms with van der Waals surface area (Å²) in [5.41, 5.74) is 2.17. The number of halogens is 1. The normalized spacial score (nSPS) is 11.1. The number of amides is 1. The van der Waals surface area contributed by atoms with E-state index >= 15 is 0 Å². The van der Waals surface area contributed by atoms with Crippen molar-refractivity contribution >= 4 is 22.4 Å². The summed E-state index contributed by atoms with van der Waals surface area (Å²) in [6.45, 7) is 4.50. The molecule has 0 fully saturated rings. The van der Waals surface area contributed by atoms with Gasteiger partial charge in [-0.3, -0.25) is 4.79 Å². The quantitative estimate of drug-likeness (QED) is 0.288. The smallest absolute Gasteiger partial charge is 0.336 e. The number of nitrogens with zero attached hydrogens (tertiary/aromatic N) is 3. The molecule has 1 amide bonds. The highest BCUT2D eigenvalue weighted by molar-refractivity contribution is 6.06. The molecular formula is C29H25FN4O2. The number of anilines is 1. The Bertz CT molecular complexity index is 1530. The summed E-state index contributed by atoms with van der Waals surface area (Å²) in [4.78, 5) is 17.3. The van der Waals surface area contributed by atoms with E-state index in [0.29, 0.717) is 40.9 Å². The van der Waals surface area contributed by atoms with Crippen LogP contribution in [0.5, 0.6) is 6.01 Å². The summed E-state index contributed by atoms with van der Waals surface area (Å²) < 4.78 is 21.8. The molecule has 5 aromatic rings. The van der Waals surface area contributed by atoms with E-state index in [1.165, 1.54) is 6.07 Å². The molecule has 1 N–H and O–H groups in total. The molecule has 4 aromatic carbocycles. The van der Waals surface area contributed by atoms with Gasteiger partial charge in [0.05, 0.1) is 17.9 Å². The first-order valence-corrected chi connectivity index (χ1v) is 11.7. The van der Waals surface area contributed by atoms with Gasteiger partial charge in [0.25, 0.3) is 5.91 Å². The second kappa shape index (κ2) is 10.00. The predicted molar refractivity (Wildman–Crippen MR) is 139 cm³/mol. The molecule has 0 aliphatic rings. The summed E-state index contributed by atoms with van der Waals surface area (Å²) in [5, 5.41) is 9.47. The van der Waals surface area contributed by atoms with E-state index in [9.17, 15) is 9.18 Å². The number of hydrogen-bond acceptors (Lipinski definition) is 4. The number of carbonyl (C=O) groups is 1. The van der Waals surface area contributed by atoms with Crippen LogP contribution in [-0.2, 0) is 0 Å². The molecule has 0 saturated carbocycles. The van der Waals surface area contributed by atoms with E-state index < -0.39 is 5.82 Å². The summed E-state index contributed by atoms with van der Waals surface area (Å²) in [5.74, 6) is 0.0191. The number of ether oxygens (including phenoxy) is 1. The van der Waals surface area contributed by atoms with Gasteiger partial charge in [0.2, 0.25) is 0 Å². The Morgan fingerprint density at radius 2 is 1.67 bits per heavy atom. The molecule has 7 heteroatoms. The van der Waals surface area contributed by atoms with Crippen molar-refractivity contribution in [3.05, 3.63) is 102 Å². The maximum Gasteiger partial charge on any atom is 0.336 e. The number of benzene rings is 4. The number of fused-ring (bicyclic) bond motifs is 1. The molecule has 6 nitrogen and oxygen atoms in total. The number of nitrogens with one attached hydrogen (secondary N) is 1. The van der Waals surface area contributed by atoms with Gasteiger partial charge in [-0.1, -0.05) is 56.3 Å². The van der Waals surface area contributed by atoms with Gasteiger partial charge in [0.1, 0.15) is 5.82 Å². The minimum Gasteiger partial charge on any atom is -0.462 e. The molecule has 1 aromatic heterocycles. The van der Waals surface area contributed by atoms with Crippen molar-refractivity contribution in [1.29, 1.82) is 0 Å². The van der Waals surface area contributed by atoms with Crippen molar-refractivity contribution in [2.24, 2.45) is 5.92 Å². The molecule has 0 radical (unpaired) electrons. The molecular weight excluding hydrogens is 455 g/mol. The minimum absolute atomic E-state index is 0.177. The van der Waals surface area contributed by atoms with E-state index in [-0.39, 0.29) is 11.9 Å². The zero-order chi connectivity index (χ0) is 25.1. The van der Waals surface area contributed by atoms with Gasteiger partial charge in [-0.2, -0.15) is 4.98 Å². The highest BCUT2D eigenvalue weighted by Gasteiger charge is 2.18. The molecule has 0 atom stereocenters. The van der Waals surface area contributed by atoms with Crippen LogP contribution in [0, 0.1) is 11.7 Å². The van der Waals surface area contributed by atoms with Gasteiger partial charge in [-0.25, -0.2) is 9.07 Å². The van der Waals surface area contributed by atoms with Gasteiger partial charge in [0.15, 0.2) is 5.82 Å². The number of rotatable bonds is 7. The Labute approximate surface area is 208 Å². The van der Waals surface area contributed by atoms with Crippen LogP contribution >= 0.6 is 0 Å². The predicted octanol–water partition coefficient (Wildman–Crippen LogP) is 6.51. The van der Waals surface area contributed by atoms with Crippen LogP contribution in [0.25, 0.3) is 27.8 Å². The lowest BCUT2D eigenvalue weighted by Crippen LogP contribution is -2.12. The lowest BCUT2D eigenvalue weighted by molar-refractivity contribution is 0.102. The first-order chi connectivity index (χ1) is 17.5. The zero-order valence-corrected chi connectivity index (χ0v) is 20.0. The molecule has 0 bridgehead atoms.